The van der Waals surface area contributed by atoms with Gasteiger partial charge >= 0.3 is 0 Å². The van der Waals surface area contributed by atoms with Crippen LogP contribution in [0, 0.1) is 6.92 Å². The van der Waals surface area contributed by atoms with Gasteiger partial charge in [0.1, 0.15) is 5.01 Å². The Kier molecular flexibility index (Phi) is 8.27. The van der Waals surface area contributed by atoms with E-state index >= 15 is 0 Å². The molecule has 0 radical (unpaired) electrons. The van der Waals surface area contributed by atoms with Gasteiger partial charge in [-0.3, -0.25) is 4.99 Å². The van der Waals surface area contributed by atoms with Crippen LogP contribution in [-0.2, 0) is 17.9 Å². The molecule has 130 valence electrons. The lowest BCUT2D eigenvalue weighted by atomic mass is 10.2. The third kappa shape index (κ3) is 7.10. The smallest absolute Gasteiger partial charge is 0.191 e. The van der Waals surface area contributed by atoms with E-state index in [-0.39, 0.29) is 0 Å². The first-order valence-corrected chi connectivity index (χ1v) is 9.07. The topological polar surface area (TPSA) is 58.5 Å². The number of ether oxygens (including phenoxy) is 1. The zero-order chi connectivity index (χ0) is 17.0. The maximum Gasteiger partial charge on any atom is 0.191 e. The minimum absolute atomic E-state index is 0.685. The standard InChI is InChI=1S/C18H26N4OS/c1-15-12-21-17(24-15)13-22-18(19-2)20-10-6-7-11-23-14-16-8-4-3-5-9-16/h3-5,8-9,12H,6-7,10-11,13-14H2,1-2H3,(H2,19,20,22). The molecular weight excluding hydrogens is 320 g/mol. The van der Waals surface area contributed by atoms with Crippen LogP contribution in [0.15, 0.2) is 41.5 Å². The van der Waals surface area contributed by atoms with Crippen molar-refractivity contribution in [3.63, 3.8) is 0 Å². The molecule has 2 rings (SSSR count). The fourth-order valence-corrected chi connectivity index (χ4v) is 2.89. The fourth-order valence-electron chi connectivity index (χ4n) is 2.16. The van der Waals surface area contributed by atoms with Gasteiger partial charge in [-0.05, 0) is 25.3 Å². The van der Waals surface area contributed by atoms with Crippen LogP contribution in [0.2, 0.25) is 0 Å². The predicted molar refractivity (Wildman–Crippen MR) is 100 cm³/mol. The number of nitrogens with zero attached hydrogens (tertiary/aromatic N) is 2. The number of benzene rings is 1. The highest BCUT2D eigenvalue weighted by molar-refractivity contribution is 7.11. The number of rotatable bonds is 9. The molecular formula is C18H26N4OS. The monoisotopic (exact) mass is 346 g/mol. The molecule has 0 fully saturated rings. The lowest BCUT2D eigenvalue weighted by Crippen LogP contribution is -2.37. The average Bonchev–Trinajstić information content (AvgIpc) is 3.03. The molecule has 0 unspecified atom stereocenters. The van der Waals surface area contributed by atoms with E-state index in [0.717, 1.165) is 37.0 Å². The number of hydrogen-bond donors (Lipinski definition) is 2. The molecule has 24 heavy (non-hydrogen) atoms. The lowest BCUT2D eigenvalue weighted by molar-refractivity contribution is 0.117. The van der Waals surface area contributed by atoms with Crippen LogP contribution < -0.4 is 10.6 Å². The zero-order valence-electron chi connectivity index (χ0n) is 14.4. The van der Waals surface area contributed by atoms with Crippen molar-refractivity contribution in [2.75, 3.05) is 20.2 Å². The van der Waals surface area contributed by atoms with Gasteiger partial charge in [0.25, 0.3) is 0 Å². The highest BCUT2D eigenvalue weighted by Crippen LogP contribution is 2.10. The summed E-state index contributed by atoms with van der Waals surface area (Å²) in [5.41, 5.74) is 1.22. The molecule has 2 N–H and O–H groups in total. The molecule has 0 atom stereocenters. The number of nitrogens with one attached hydrogen (secondary N) is 2. The number of aromatic nitrogens is 1. The molecule has 0 bridgehead atoms. The summed E-state index contributed by atoms with van der Waals surface area (Å²) in [5, 5.41) is 7.67. The summed E-state index contributed by atoms with van der Waals surface area (Å²) in [6.45, 7) is 5.11. The van der Waals surface area contributed by atoms with Gasteiger partial charge in [-0.1, -0.05) is 30.3 Å². The summed E-state index contributed by atoms with van der Waals surface area (Å²) in [6, 6.07) is 10.3. The van der Waals surface area contributed by atoms with E-state index in [9.17, 15) is 0 Å². The predicted octanol–water partition coefficient (Wildman–Crippen LogP) is 3.11. The molecule has 1 aromatic carbocycles. The molecule has 0 aliphatic rings. The highest BCUT2D eigenvalue weighted by atomic mass is 32.1. The summed E-state index contributed by atoms with van der Waals surface area (Å²) < 4.78 is 5.68. The summed E-state index contributed by atoms with van der Waals surface area (Å²) >= 11 is 1.70. The molecule has 5 nitrogen and oxygen atoms in total. The number of guanidine groups is 1. The van der Waals surface area contributed by atoms with Crippen LogP contribution >= 0.6 is 11.3 Å². The van der Waals surface area contributed by atoms with Crippen LogP contribution in [0.3, 0.4) is 0 Å². The summed E-state index contributed by atoms with van der Waals surface area (Å²) in [6.07, 6.45) is 3.97. The SMILES string of the molecule is CN=C(NCCCCOCc1ccccc1)NCc1ncc(C)s1. The first-order chi connectivity index (χ1) is 11.8. The van der Waals surface area contributed by atoms with Crippen molar-refractivity contribution >= 4 is 17.3 Å². The van der Waals surface area contributed by atoms with Crippen molar-refractivity contribution in [2.24, 2.45) is 4.99 Å². The Balaban J connectivity index is 1.51. The normalized spacial score (nSPS) is 11.5. The molecule has 0 saturated heterocycles. The van der Waals surface area contributed by atoms with Crippen molar-refractivity contribution < 1.29 is 4.74 Å². The Bertz CT molecular complexity index is 612. The van der Waals surface area contributed by atoms with E-state index in [1.165, 1.54) is 10.4 Å². The van der Waals surface area contributed by atoms with E-state index < -0.39 is 0 Å². The Morgan fingerprint density at radius 1 is 1.21 bits per heavy atom. The van der Waals surface area contributed by atoms with E-state index in [4.69, 9.17) is 4.74 Å². The number of unbranched alkanes of at least 4 members (excludes halogenated alkanes) is 1. The third-order valence-corrected chi connectivity index (χ3v) is 4.33. The number of aliphatic imine (C=N–C) groups is 1. The fraction of sp³-hybridized carbons (Fsp3) is 0.444. The van der Waals surface area contributed by atoms with Crippen LogP contribution in [0.4, 0.5) is 0 Å². The summed E-state index contributed by atoms with van der Waals surface area (Å²) in [5.74, 6) is 0.813. The van der Waals surface area contributed by atoms with Gasteiger partial charge < -0.3 is 15.4 Å². The van der Waals surface area contributed by atoms with Crippen LogP contribution in [-0.4, -0.2) is 31.1 Å². The maximum absolute atomic E-state index is 5.68. The van der Waals surface area contributed by atoms with Crippen molar-refractivity contribution in [2.45, 2.75) is 32.9 Å². The number of hydrogen-bond acceptors (Lipinski definition) is 4. The zero-order valence-corrected chi connectivity index (χ0v) is 15.2. The Labute approximate surface area is 148 Å². The van der Waals surface area contributed by atoms with Gasteiger partial charge in [-0.25, -0.2) is 4.98 Å². The second kappa shape index (κ2) is 10.8. The van der Waals surface area contributed by atoms with Crippen molar-refractivity contribution in [3.8, 4) is 0 Å². The lowest BCUT2D eigenvalue weighted by Gasteiger charge is -2.11. The van der Waals surface area contributed by atoms with Crippen LogP contribution in [0.5, 0.6) is 0 Å². The number of aryl methyl sites for hydroxylation is 1. The molecule has 0 aliphatic heterocycles. The van der Waals surface area contributed by atoms with Gasteiger partial charge in [0, 0.05) is 31.3 Å². The molecule has 0 spiro atoms. The maximum atomic E-state index is 5.68. The van der Waals surface area contributed by atoms with E-state index in [1.807, 2.05) is 24.4 Å². The molecule has 6 heteroatoms. The quantitative estimate of drug-likeness (QED) is 0.416. The molecule has 1 aromatic heterocycles. The average molecular weight is 347 g/mol. The first-order valence-electron chi connectivity index (χ1n) is 8.25. The van der Waals surface area contributed by atoms with Crippen molar-refractivity contribution in [1.29, 1.82) is 0 Å². The third-order valence-electron chi connectivity index (χ3n) is 3.42. The number of thiazole rings is 1. The largest absolute Gasteiger partial charge is 0.377 e. The van der Waals surface area contributed by atoms with E-state index in [2.05, 4.69) is 39.7 Å². The summed E-state index contributed by atoms with van der Waals surface area (Å²) in [4.78, 5) is 9.78. The molecule has 2 aromatic rings. The Morgan fingerprint density at radius 2 is 2.04 bits per heavy atom. The molecule has 1 heterocycles. The minimum atomic E-state index is 0.685. The van der Waals surface area contributed by atoms with E-state index in [0.29, 0.717) is 13.2 Å². The van der Waals surface area contributed by atoms with Gasteiger partial charge in [0.2, 0.25) is 0 Å². The van der Waals surface area contributed by atoms with Crippen LogP contribution in [0.1, 0.15) is 28.3 Å². The van der Waals surface area contributed by atoms with Gasteiger partial charge in [-0.15, -0.1) is 11.3 Å². The van der Waals surface area contributed by atoms with Gasteiger partial charge in [-0.2, -0.15) is 0 Å². The first kappa shape index (κ1) is 18.4. The van der Waals surface area contributed by atoms with Crippen molar-refractivity contribution in [1.82, 2.24) is 15.6 Å². The van der Waals surface area contributed by atoms with Crippen LogP contribution in [0.25, 0.3) is 0 Å². The molecule has 0 amide bonds. The Morgan fingerprint density at radius 3 is 2.75 bits per heavy atom. The minimum Gasteiger partial charge on any atom is -0.377 e. The second-order valence-electron chi connectivity index (χ2n) is 5.46. The van der Waals surface area contributed by atoms with Crippen molar-refractivity contribution in [3.05, 3.63) is 52.0 Å². The second-order valence-corrected chi connectivity index (χ2v) is 6.78. The highest BCUT2D eigenvalue weighted by Gasteiger charge is 2.01. The molecule has 0 aliphatic carbocycles. The van der Waals surface area contributed by atoms with Gasteiger partial charge in [0.05, 0.1) is 13.2 Å². The van der Waals surface area contributed by atoms with Gasteiger partial charge in [0.15, 0.2) is 5.96 Å². The van der Waals surface area contributed by atoms with E-state index in [1.54, 1.807) is 18.4 Å². The molecule has 0 saturated carbocycles. The Hall–Kier alpha value is -1.92. The summed E-state index contributed by atoms with van der Waals surface area (Å²) in [7, 11) is 1.78.